The zero-order valence-corrected chi connectivity index (χ0v) is 15.4. The average Bonchev–Trinajstić information content (AvgIpc) is 3.25. The summed E-state index contributed by atoms with van der Waals surface area (Å²) in [5.74, 6) is 0.698. The van der Waals surface area contributed by atoms with Crippen LogP contribution in [0.1, 0.15) is 18.9 Å². The van der Waals surface area contributed by atoms with Gasteiger partial charge in [0.15, 0.2) is 0 Å². The number of benzene rings is 1. The number of aromatic nitrogens is 1. The highest BCUT2D eigenvalue weighted by Gasteiger charge is 2.04. The van der Waals surface area contributed by atoms with Crippen LogP contribution >= 0.6 is 34.3 Å². The van der Waals surface area contributed by atoms with E-state index in [1.54, 1.807) is 17.6 Å². The Labute approximate surface area is 153 Å². The quantitative estimate of drug-likeness (QED) is 0.420. The summed E-state index contributed by atoms with van der Waals surface area (Å²) < 4.78 is 5.55. The van der Waals surface area contributed by atoms with Gasteiger partial charge in [-0.3, -0.25) is 5.43 Å². The van der Waals surface area contributed by atoms with Gasteiger partial charge in [-0.25, -0.2) is 4.98 Å². The first-order valence-electron chi connectivity index (χ1n) is 7.47. The molecule has 24 heavy (non-hydrogen) atoms. The van der Waals surface area contributed by atoms with E-state index in [9.17, 15) is 0 Å². The largest absolute Gasteiger partial charge is 0.492 e. The average molecular weight is 378 g/mol. The number of nitrogens with zero attached hydrogens (tertiary/aromatic N) is 2. The summed E-state index contributed by atoms with van der Waals surface area (Å²) in [6.45, 7) is 2.72. The van der Waals surface area contributed by atoms with E-state index in [0.717, 1.165) is 27.7 Å². The van der Waals surface area contributed by atoms with Crippen LogP contribution in [0.5, 0.6) is 5.75 Å². The van der Waals surface area contributed by atoms with E-state index >= 15 is 0 Å². The third-order valence-electron chi connectivity index (χ3n) is 3.07. The van der Waals surface area contributed by atoms with Gasteiger partial charge in [-0.05, 0) is 41.6 Å². The number of thiazole rings is 1. The summed E-state index contributed by atoms with van der Waals surface area (Å²) in [6, 6.07) is 9.68. The second kappa shape index (κ2) is 8.28. The van der Waals surface area contributed by atoms with Gasteiger partial charge in [-0.1, -0.05) is 24.6 Å². The summed E-state index contributed by atoms with van der Waals surface area (Å²) in [7, 11) is 0. The molecule has 0 radical (unpaired) electrons. The van der Waals surface area contributed by atoms with Crippen molar-refractivity contribution in [2.75, 3.05) is 12.0 Å². The molecule has 0 aliphatic heterocycles. The van der Waals surface area contributed by atoms with Gasteiger partial charge >= 0.3 is 0 Å². The van der Waals surface area contributed by atoms with Crippen LogP contribution in [0.3, 0.4) is 0 Å². The number of hydrazone groups is 1. The number of thiophene rings is 1. The second-order valence-electron chi connectivity index (χ2n) is 4.92. The molecule has 0 aliphatic carbocycles. The molecule has 0 unspecified atom stereocenters. The van der Waals surface area contributed by atoms with E-state index in [1.807, 2.05) is 35.0 Å². The van der Waals surface area contributed by atoms with Gasteiger partial charge in [0.2, 0.25) is 5.13 Å². The molecule has 4 nitrogen and oxygen atoms in total. The number of hydrogen-bond donors (Lipinski definition) is 1. The second-order valence-corrected chi connectivity index (χ2v) is 7.14. The minimum atomic E-state index is 0.585. The lowest BCUT2D eigenvalue weighted by molar-refractivity contribution is 0.317. The van der Waals surface area contributed by atoms with Crippen molar-refractivity contribution >= 4 is 45.6 Å². The number of rotatable bonds is 7. The van der Waals surface area contributed by atoms with E-state index in [0.29, 0.717) is 17.4 Å². The maximum atomic E-state index is 6.21. The fourth-order valence-corrected chi connectivity index (χ4v) is 3.61. The van der Waals surface area contributed by atoms with Crippen LogP contribution in [0.25, 0.3) is 10.6 Å². The molecule has 0 saturated heterocycles. The number of nitrogens with one attached hydrogen (secondary N) is 1. The Kier molecular flexibility index (Phi) is 5.85. The molecular weight excluding hydrogens is 362 g/mol. The Morgan fingerprint density at radius 1 is 1.33 bits per heavy atom. The predicted octanol–water partition coefficient (Wildman–Crippen LogP) is 5.76. The van der Waals surface area contributed by atoms with Crippen molar-refractivity contribution in [3.8, 4) is 16.3 Å². The Balaban J connectivity index is 1.61. The Bertz CT molecular complexity index is 815. The first-order valence-corrected chi connectivity index (χ1v) is 9.61. The standard InChI is InChI=1S/C17H16ClN3OS2/c1-2-7-22-15-6-5-12(9-13(15)18)10-19-21-17-20-14(11-24-17)16-4-3-8-23-16/h3-6,8-11H,2,7H2,1H3,(H,20,21)/b19-10-. The van der Waals surface area contributed by atoms with Crippen molar-refractivity contribution in [3.05, 3.63) is 51.7 Å². The Hall–Kier alpha value is -1.89. The summed E-state index contributed by atoms with van der Waals surface area (Å²) in [5, 5.41) is 9.61. The lowest BCUT2D eigenvalue weighted by Crippen LogP contribution is -1.96. The smallest absolute Gasteiger partial charge is 0.203 e. The summed E-state index contributed by atoms with van der Waals surface area (Å²) in [6.07, 6.45) is 2.66. The minimum absolute atomic E-state index is 0.585. The molecule has 0 aliphatic rings. The molecule has 7 heteroatoms. The number of anilines is 1. The molecule has 124 valence electrons. The van der Waals surface area contributed by atoms with Crippen LogP contribution in [0.15, 0.2) is 46.2 Å². The summed E-state index contributed by atoms with van der Waals surface area (Å²) >= 11 is 9.40. The monoisotopic (exact) mass is 377 g/mol. The molecule has 1 N–H and O–H groups in total. The van der Waals surface area contributed by atoms with Crippen molar-refractivity contribution < 1.29 is 4.74 Å². The van der Waals surface area contributed by atoms with Gasteiger partial charge in [0.25, 0.3) is 0 Å². The minimum Gasteiger partial charge on any atom is -0.492 e. The highest BCUT2D eigenvalue weighted by atomic mass is 35.5. The van der Waals surface area contributed by atoms with Crippen LogP contribution in [0.4, 0.5) is 5.13 Å². The van der Waals surface area contributed by atoms with Crippen molar-refractivity contribution in [1.29, 1.82) is 0 Å². The van der Waals surface area contributed by atoms with Gasteiger partial charge in [-0.2, -0.15) is 5.10 Å². The lowest BCUT2D eigenvalue weighted by Gasteiger charge is -2.06. The molecule has 2 heterocycles. The van der Waals surface area contributed by atoms with Crippen molar-refractivity contribution in [2.24, 2.45) is 5.10 Å². The summed E-state index contributed by atoms with van der Waals surface area (Å²) in [5.41, 5.74) is 4.81. The number of halogens is 1. The maximum absolute atomic E-state index is 6.21. The molecule has 2 aromatic heterocycles. The van der Waals surface area contributed by atoms with E-state index in [1.165, 1.54) is 11.3 Å². The highest BCUT2D eigenvalue weighted by Crippen LogP contribution is 2.28. The van der Waals surface area contributed by atoms with Gasteiger partial charge in [-0.15, -0.1) is 22.7 Å². The van der Waals surface area contributed by atoms with E-state index in [2.05, 4.69) is 28.5 Å². The van der Waals surface area contributed by atoms with Crippen LogP contribution in [0, 0.1) is 0 Å². The van der Waals surface area contributed by atoms with Crippen LogP contribution < -0.4 is 10.2 Å². The molecule has 1 aromatic carbocycles. The molecule has 0 fully saturated rings. The van der Waals surface area contributed by atoms with Gasteiger partial charge in [0.1, 0.15) is 5.75 Å². The molecule has 3 aromatic rings. The molecule has 0 bridgehead atoms. The lowest BCUT2D eigenvalue weighted by atomic mass is 10.2. The van der Waals surface area contributed by atoms with Crippen molar-refractivity contribution in [2.45, 2.75) is 13.3 Å². The fraction of sp³-hybridized carbons (Fsp3) is 0.176. The SMILES string of the molecule is CCCOc1ccc(/C=N\Nc2nc(-c3cccs3)cs2)cc1Cl. The first kappa shape index (κ1) is 17.0. The molecule has 0 amide bonds. The molecule has 0 saturated carbocycles. The van der Waals surface area contributed by atoms with E-state index in [-0.39, 0.29) is 0 Å². The maximum Gasteiger partial charge on any atom is 0.203 e. The molecule has 0 atom stereocenters. The van der Waals surface area contributed by atoms with Crippen molar-refractivity contribution in [1.82, 2.24) is 4.98 Å². The normalized spacial score (nSPS) is 11.1. The third-order valence-corrected chi connectivity index (χ3v) is 5.00. The van der Waals surface area contributed by atoms with Crippen molar-refractivity contribution in [3.63, 3.8) is 0 Å². The van der Waals surface area contributed by atoms with Gasteiger partial charge in [0, 0.05) is 5.38 Å². The van der Waals surface area contributed by atoms with Crippen LogP contribution in [-0.4, -0.2) is 17.8 Å². The zero-order valence-electron chi connectivity index (χ0n) is 13.0. The molecule has 0 spiro atoms. The van der Waals surface area contributed by atoms with Gasteiger partial charge < -0.3 is 4.74 Å². The molecular formula is C17H16ClN3OS2. The summed E-state index contributed by atoms with van der Waals surface area (Å²) in [4.78, 5) is 5.66. The first-order chi connectivity index (χ1) is 11.8. The van der Waals surface area contributed by atoms with Crippen LogP contribution in [-0.2, 0) is 0 Å². The van der Waals surface area contributed by atoms with E-state index < -0.39 is 0 Å². The van der Waals surface area contributed by atoms with E-state index in [4.69, 9.17) is 16.3 Å². The van der Waals surface area contributed by atoms with Gasteiger partial charge in [0.05, 0.1) is 28.4 Å². The molecule has 3 rings (SSSR count). The zero-order chi connectivity index (χ0) is 16.8. The topological polar surface area (TPSA) is 46.5 Å². The third kappa shape index (κ3) is 4.35. The Morgan fingerprint density at radius 3 is 3.00 bits per heavy atom. The Morgan fingerprint density at radius 2 is 2.25 bits per heavy atom. The predicted molar refractivity (Wildman–Crippen MR) is 104 cm³/mol. The fourth-order valence-electron chi connectivity index (χ4n) is 1.95. The highest BCUT2D eigenvalue weighted by molar-refractivity contribution is 7.15. The number of ether oxygens (including phenoxy) is 1. The van der Waals surface area contributed by atoms with Crippen LogP contribution in [0.2, 0.25) is 5.02 Å². The number of hydrogen-bond acceptors (Lipinski definition) is 6.